The van der Waals surface area contributed by atoms with E-state index < -0.39 is 0 Å². The van der Waals surface area contributed by atoms with E-state index in [-0.39, 0.29) is 6.71 Å². The van der Waals surface area contributed by atoms with Crippen LogP contribution in [0.25, 0.3) is 27.5 Å². The molecule has 0 atom stereocenters. The van der Waals surface area contributed by atoms with E-state index in [4.69, 9.17) is 0 Å². The molecule has 0 unspecified atom stereocenters. The van der Waals surface area contributed by atoms with Gasteiger partial charge in [0.15, 0.2) is 0 Å². The van der Waals surface area contributed by atoms with Crippen molar-refractivity contribution in [2.75, 3.05) is 0 Å². The van der Waals surface area contributed by atoms with Crippen LogP contribution in [0, 0.1) is 0 Å². The van der Waals surface area contributed by atoms with E-state index in [9.17, 15) is 0 Å². The van der Waals surface area contributed by atoms with E-state index in [0.29, 0.717) is 0 Å². The number of rotatable bonds is 2. The largest absolute Gasteiger partial charge is 0.310 e. The zero-order valence-corrected chi connectivity index (χ0v) is 15.3. The number of aliphatic imine (C=N–C) groups is 1. The molecule has 4 aromatic carbocycles. The van der Waals surface area contributed by atoms with E-state index in [1.807, 2.05) is 0 Å². The number of benzene rings is 4. The molecule has 1 aliphatic rings. The topological polar surface area (TPSA) is 17.3 Å². The molecule has 2 nitrogen and oxygen atoms in total. The maximum absolute atomic E-state index is 4.42. The van der Waals surface area contributed by atoms with E-state index in [1.54, 1.807) is 0 Å². The molecule has 0 saturated carbocycles. The average Bonchev–Trinajstić information content (AvgIpc) is 3.10. The van der Waals surface area contributed by atoms with Crippen LogP contribution in [0.5, 0.6) is 0 Å². The van der Waals surface area contributed by atoms with Crippen LogP contribution in [-0.4, -0.2) is 18.0 Å². The second-order valence-electron chi connectivity index (χ2n) is 7.31. The summed E-state index contributed by atoms with van der Waals surface area (Å²) < 4.78 is 2.41. The van der Waals surface area contributed by atoms with E-state index in [2.05, 4.69) is 107 Å². The summed E-state index contributed by atoms with van der Waals surface area (Å²) in [7, 11) is 0. The Morgan fingerprint density at radius 2 is 1.46 bits per heavy atom. The van der Waals surface area contributed by atoms with Gasteiger partial charge in [0.05, 0.1) is 16.7 Å². The Balaban J connectivity index is 1.89. The number of hydrogen-bond acceptors (Lipinski definition) is 1. The van der Waals surface area contributed by atoms with Gasteiger partial charge in [-0.2, -0.15) is 0 Å². The first kappa shape index (κ1) is 15.5. The molecule has 6 rings (SSSR count). The van der Waals surface area contributed by atoms with Crippen LogP contribution in [0.2, 0.25) is 0 Å². The second-order valence-corrected chi connectivity index (χ2v) is 7.31. The summed E-state index contributed by atoms with van der Waals surface area (Å²) in [6.45, 7) is 4.02. The van der Waals surface area contributed by atoms with Gasteiger partial charge < -0.3 is 4.57 Å². The van der Waals surface area contributed by atoms with Crippen molar-refractivity contribution in [3.05, 3.63) is 91.0 Å². The lowest BCUT2D eigenvalue weighted by molar-refractivity contribution is 1.19. The maximum atomic E-state index is 4.42. The van der Waals surface area contributed by atoms with Crippen molar-refractivity contribution in [3.63, 3.8) is 0 Å². The van der Waals surface area contributed by atoms with Gasteiger partial charge in [0.25, 0.3) is 0 Å². The standard InChI is InChI=1S/C25H17BN2/c1-27-21-16-15-19-18-11-5-7-13-22(18)28-23-14-8-6-12-20(23)26(24(21)25(19)28)17-9-3-2-4-10-17/h2-16H,1H2. The summed E-state index contributed by atoms with van der Waals surface area (Å²) in [5.41, 5.74) is 8.52. The van der Waals surface area contributed by atoms with Gasteiger partial charge >= 0.3 is 0 Å². The van der Waals surface area contributed by atoms with Crippen molar-refractivity contribution >= 4 is 57.3 Å². The summed E-state index contributed by atoms with van der Waals surface area (Å²) in [4.78, 5) is 4.42. The molecule has 0 aliphatic carbocycles. The second kappa shape index (κ2) is 5.70. The van der Waals surface area contributed by atoms with E-state index in [1.165, 1.54) is 43.9 Å². The minimum Gasteiger partial charge on any atom is -0.310 e. The highest BCUT2D eigenvalue weighted by atomic mass is 15.0. The van der Waals surface area contributed by atoms with Gasteiger partial charge in [-0.15, -0.1) is 0 Å². The smallest absolute Gasteiger partial charge is 0.249 e. The molecular formula is C25H17BN2. The van der Waals surface area contributed by atoms with Crippen LogP contribution in [0.3, 0.4) is 0 Å². The van der Waals surface area contributed by atoms with Gasteiger partial charge in [-0.3, -0.25) is 4.99 Å². The summed E-state index contributed by atoms with van der Waals surface area (Å²) in [5.74, 6) is 0. The average molecular weight is 356 g/mol. The molecule has 0 spiro atoms. The zero-order valence-electron chi connectivity index (χ0n) is 15.3. The predicted molar refractivity (Wildman–Crippen MR) is 121 cm³/mol. The number of nitrogens with zero attached hydrogens (tertiary/aromatic N) is 2. The van der Waals surface area contributed by atoms with Crippen LogP contribution in [0.15, 0.2) is 96.0 Å². The minimum atomic E-state index is 0.137. The number of aromatic nitrogens is 1. The molecule has 28 heavy (non-hydrogen) atoms. The molecule has 1 aliphatic heterocycles. The first-order chi connectivity index (χ1) is 13.9. The Bertz CT molecular complexity index is 1380. The molecule has 0 N–H and O–H groups in total. The Morgan fingerprint density at radius 1 is 0.714 bits per heavy atom. The Kier molecular flexibility index (Phi) is 3.15. The summed E-state index contributed by atoms with van der Waals surface area (Å²) >= 11 is 0. The first-order valence-electron chi connectivity index (χ1n) is 9.55. The fourth-order valence-corrected chi connectivity index (χ4v) is 4.83. The van der Waals surface area contributed by atoms with Crippen LogP contribution >= 0.6 is 0 Å². The lowest BCUT2D eigenvalue weighted by Gasteiger charge is -2.28. The first-order valence-corrected chi connectivity index (χ1v) is 9.55. The summed E-state index contributed by atoms with van der Waals surface area (Å²) in [6, 6.07) is 32.4. The van der Waals surface area contributed by atoms with Gasteiger partial charge in [0.1, 0.15) is 0 Å². The van der Waals surface area contributed by atoms with E-state index >= 15 is 0 Å². The molecule has 0 amide bonds. The highest BCUT2D eigenvalue weighted by molar-refractivity contribution is 6.98. The lowest BCUT2D eigenvalue weighted by Crippen LogP contribution is -2.56. The summed E-state index contributed by atoms with van der Waals surface area (Å²) in [5, 5.41) is 2.55. The zero-order chi connectivity index (χ0) is 18.7. The van der Waals surface area contributed by atoms with Gasteiger partial charge in [-0.1, -0.05) is 78.3 Å². The number of para-hydroxylation sites is 2. The Hall–Kier alpha value is -3.59. The third-order valence-electron chi connectivity index (χ3n) is 5.93. The highest BCUT2D eigenvalue weighted by Gasteiger charge is 2.34. The van der Waals surface area contributed by atoms with Crippen molar-refractivity contribution < 1.29 is 0 Å². The molecule has 5 aromatic rings. The van der Waals surface area contributed by atoms with Crippen LogP contribution in [0.4, 0.5) is 5.69 Å². The van der Waals surface area contributed by atoms with Gasteiger partial charge in [0, 0.05) is 16.5 Å². The van der Waals surface area contributed by atoms with Crippen molar-refractivity contribution in [3.8, 4) is 5.69 Å². The van der Waals surface area contributed by atoms with Crippen molar-refractivity contribution in [1.29, 1.82) is 0 Å². The van der Waals surface area contributed by atoms with Crippen molar-refractivity contribution in [1.82, 2.24) is 4.57 Å². The van der Waals surface area contributed by atoms with Crippen LogP contribution in [-0.2, 0) is 0 Å². The van der Waals surface area contributed by atoms with Crippen molar-refractivity contribution in [2.24, 2.45) is 4.99 Å². The SMILES string of the molecule is C=Nc1ccc2c3ccccc3n3c2c1B(c1ccccc1)c1ccccc1-3. The fourth-order valence-electron chi connectivity index (χ4n) is 4.83. The molecule has 0 saturated heterocycles. The fraction of sp³-hybridized carbons (Fsp3) is 0. The third-order valence-corrected chi connectivity index (χ3v) is 5.93. The van der Waals surface area contributed by atoms with Gasteiger partial charge in [-0.05, 0) is 35.8 Å². The lowest BCUT2D eigenvalue weighted by atomic mass is 9.35. The van der Waals surface area contributed by atoms with E-state index in [0.717, 1.165) is 5.69 Å². The van der Waals surface area contributed by atoms with Crippen LogP contribution in [0.1, 0.15) is 0 Å². The molecule has 130 valence electrons. The normalized spacial score (nSPS) is 12.4. The molecule has 2 heterocycles. The van der Waals surface area contributed by atoms with Crippen LogP contribution < -0.4 is 16.4 Å². The molecule has 0 bridgehead atoms. The van der Waals surface area contributed by atoms with Crippen molar-refractivity contribution in [2.45, 2.75) is 0 Å². The molecular weight excluding hydrogens is 339 g/mol. The number of hydrogen-bond donors (Lipinski definition) is 0. The van der Waals surface area contributed by atoms with Gasteiger partial charge in [-0.25, -0.2) is 0 Å². The molecule has 0 radical (unpaired) electrons. The molecule has 3 heteroatoms. The highest BCUT2D eigenvalue weighted by Crippen LogP contribution is 2.35. The molecule has 0 fully saturated rings. The maximum Gasteiger partial charge on any atom is 0.249 e. The van der Waals surface area contributed by atoms with Gasteiger partial charge in [0.2, 0.25) is 6.71 Å². The quantitative estimate of drug-likeness (QED) is 0.330. The monoisotopic (exact) mass is 356 g/mol. The summed E-state index contributed by atoms with van der Waals surface area (Å²) in [6.07, 6.45) is 0. The third kappa shape index (κ3) is 1.91. The Labute approximate surface area is 163 Å². The minimum absolute atomic E-state index is 0.137. The molecule has 1 aromatic heterocycles. The number of fused-ring (bicyclic) bond motifs is 5. The predicted octanol–water partition coefficient (Wildman–Crippen LogP) is 3.95. The Morgan fingerprint density at radius 3 is 2.32 bits per heavy atom.